The molecule has 7 heteroatoms. The van der Waals surface area contributed by atoms with Crippen molar-refractivity contribution in [2.45, 2.75) is 19.8 Å². The molecule has 5 nitrogen and oxygen atoms in total. The van der Waals surface area contributed by atoms with Crippen LogP contribution in [0.5, 0.6) is 0 Å². The maximum atomic E-state index is 11.8. The number of halogens is 1. The molecule has 0 saturated carbocycles. The van der Waals surface area contributed by atoms with Gasteiger partial charge in [-0.3, -0.25) is 10.0 Å². The van der Waals surface area contributed by atoms with Crippen LogP contribution in [0.15, 0.2) is 42.5 Å². The first-order chi connectivity index (χ1) is 11.5. The minimum Gasteiger partial charge on any atom is -0.312 e. The fourth-order valence-corrected chi connectivity index (χ4v) is 3.33. The number of amides is 1. The lowest BCUT2D eigenvalue weighted by molar-refractivity contribution is -0.117. The largest absolute Gasteiger partial charge is 0.312 e. The van der Waals surface area contributed by atoms with Gasteiger partial charge in [0.05, 0.1) is 23.5 Å². The molecule has 1 saturated heterocycles. The highest BCUT2D eigenvalue weighted by Gasteiger charge is 2.21. The number of hydrogen-bond acceptors (Lipinski definition) is 5. The van der Waals surface area contributed by atoms with Gasteiger partial charge < -0.3 is 9.62 Å². The number of nitrogens with zero attached hydrogens (tertiary/aromatic N) is 2. The van der Waals surface area contributed by atoms with E-state index in [0.29, 0.717) is 17.1 Å². The maximum absolute atomic E-state index is 11.8. The number of anilines is 3. The zero-order chi connectivity index (χ0) is 17.1. The van der Waals surface area contributed by atoms with Crippen LogP contribution in [-0.2, 0) is 4.79 Å². The van der Waals surface area contributed by atoms with Crippen molar-refractivity contribution in [3.8, 4) is 0 Å². The van der Waals surface area contributed by atoms with Gasteiger partial charge in [-0.25, -0.2) is 0 Å². The fraction of sp³-hybridized carbons (Fsp3) is 0.235. The number of aryl methyl sites for hydroxylation is 1. The van der Waals surface area contributed by atoms with Gasteiger partial charge in [-0.1, -0.05) is 17.7 Å². The molecule has 2 N–H and O–H groups in total. The van der Waals surface area contributed by atoms with Crippen LogP contribution in [0.25, 0.3) is 0 Å². The number of carbonyl (C=O) groups excluding carboxylic acids is 1. The summed E-state index contributed by atoms with van der Waals surface area (Å²) in [7, 11) is 0. The molecule has 0 atom stereocenters. The van der Waals surface area contributed by atoms with Crippen LogP contribution < -0.4 is 14.1 Å². The molecule has 3 rings (SSSR count). The molecule has 1 aliphatic heterocycles. The van der Waals surface area contributed by atoms with Crippen LogP contribution in [0.2, 0.25) is 5.02 Å². The Kier molecular flexibility index (Phi) is 5.18. The lowest BCUT2D eigenvalue weighted by Gasteiger charge is -2.19. The van der Waals surface area contributed by atoms with Crippen molar-refractivity contribution in [3.63, 3.8) is 0 Å². The van der Waals surface area contributed by atoms with Crippen molar-refractivity contribution in [3.05, 3.63) is 53.1 Å². The first kappa shape index (κ1) is 17.0. The molecule has 1 heterocycles. The molecule has 2 aromatic carbocycles. The molecule has 0 unspecified atom stereocenters. The highest BCUT2D eigenvalue weighted by atomic mass is 35.5. The first-order valence-electron chi connectivity index (χ1n) is 7.63. The zero-order valence-corrected chi connectivity index (χ0v) is 14.8. The normalized spacial score (nSPS) is 14.1. The third-order valence-electron chi connectivity index (χ3n) is 3.90. The van der Waals surface area contributed by atoms with Gasteiger partial charge in [0.15, 0.2) is 0 Å². The van der Waals surface area contributed by atoms with Gasteiger partial charge in [-0.05, 0) is 55.3 Å². The van der Waals surface area contributed by atoms with Gasteiger partial charge in [0.1, 0.15) is 0 Å². The van der Waals surface area contributed by atoms with Crippen LogP contribution in [0, 0.1) is 6.92 Å². The molecule has 0 aliphatic carbocycles. The predicted octanol–water partition coefficient (Wildman–Crippen LogP) is 4.65. The number of carbonyl (C=O) groups is 1. The quantitative estimate of drug-likeness (QED) is 0.598. The van der Waals surface area contributed by atoms with Gasteiger partial charge in [0.2, 0.25) is 5.91 Å². The Hall–Kier alpha value is -1.89. The summed E-state index contributed by atoms with van der Waals surface area (Å²) in [6.07, 6.45) is 1.50. The minimum atomic E-state index is 0.149. The molecular formula is C17H18ClN3O2S. The monoisotopic (exact) mass is 363 g/mol. The van der Waals surface area contributed by atoms with Gasteiger partial charge >= 0.3 is 0 Å². The van der Waals surface area contributed by atoms with E-state index in [1.165, 1.54) is 0 Å². The molecule has 1 aliphatic rings. The van der Waals surface area contributed by atoms with Gasteiger partial charge in [-0.2, -0.15) is 4.47 Å². The van der Waals surface area contributed by atoms with Gasteiger partial charge in [0, 0.05) is 23.7 Å². The average molecular weight is 364 g/mol. The number of rotatable bonds is 5. The summed E-state index contributed by atoms with van der Waals surface area (Å²) in [4.78, 5) is 13.5. The summed E-state index contributed by atoms with van der Waals surface area (Å²) in [5.74, 6) is 0.149. The third-order valence-corrected chi connectivity index (χ3v) is 4.83. The van der Waals surface area contributed by atoms with E-state index in [4.69, 9.17) is 11.6 Å². The molecule has 0 spiro atoms. The molecule has 126 valence electrons. The Bertz CT molecular complexity index is 739. The number of benzene rings is 2. The van der Waals surface area contributed by atoms with Crippen LogP contribution >= 0.6 is 23.7 Å². The number of hydrogen-bond donors (Lipinski definition) is 2. The SMILES string of the molecule is Cc1ccc(Cl)cc1NSN(O)c1ccc(N2CCCC2=O)cc1. The molecule has 0 aromatic heterocycles. The minimum absolute atomic E-state index is 0.149. The first-order valence-corrected chi connectivity index (χ1v) is 8.78. The summed E-state index contributed by atoms with van der Waals surface area (Å²) in [5, 5.41) is 10.8. The van der Waals surface area contributed by atoms with Crippen LogP contribution in [-0.4, -0.2) is 17.7 Å². The molecule has 2 aromatic rings. The van der Waals surface area contributed by atoms with Crippen molar-refractivity contribution < 1.29 is 10.0 Å². The summed E-state index contributed by atoms with van der Waals surface area (Å²) in [6, 6.07) is 12.8. The van der Waals surface area contributed by atoms with Crippen molar-refractivity contribution in [1.82, 2.24) is 0 Å². The standard InChI is InChI=1S/C17H18ClN3O2S/c1-12-4-5-13(18)11-16(12)19-24-21(23)15-8-6-14(7-9-15)20-10-2-3-17(20)22/h4-9,11,19,23H,2-3,10H2,1H3. The highest BCUT2D eigenvalue weighted by molar-refractivity contribution is 8.01. The molecule has 24 heavy (non-hydrogen) atoms. The van der Waals surface area contributed by atoms with E-state index in [1.54, 1.807) is 23.1 Å². The van der Waals surface area contributed by atoms with Crippen molar-refractivity contribution >= 4 is 46.7 Å². The molecular weight excluding hydrogens is 346 g/mol. The zero-order valence-electron chi connectivity index (χ0n) is 13.2. The van der Waals surface area contributed by atoms with E-state index in [1.807, 2.05) is 31.2 Å². The third kappa shape index (κ3) is 3.77. The van der Waals surface area contributed by atoms with Crippen molar-refractivity contribution in [1.29, 1.82) is 0 Å². The van der Waals surface area contributed by atoms with E-state index in [2.05, 4.69) is 4.72 Å². The van der Waals surface area contributed by atoms with Crippen molar-refractivity contribution in [2.75, 3.05) is 20.6 Å². The van der Waals surface area contributed by atoms with Crippen LogP contribution in [0.4, 0.5) is 17.1 Å². The highest BCUT2D eigenvalue weighted by Crippen LogP contribution is 2.28. The Morgan fingerprint density at radius 3 is 2.67 bits per heavy atom. The van der Waals surface area contributed by atoms with Crippen LogP contribution in [0.1, 0.15) is 18.4 Å². The lowest BCUT2D eigenvalue weighted by atomic mass is 10.2. The second-order valence-corrected chi connectivity index (χ2v) is 6.76. The molecule has 0 bridgehead atoms. The van der Waals surface area contributed by atoms with E-state index >= 15 is 0 Å². The van der Waals surface area contributed by atoms with Gasteiger partial charge in [-0.15, -0.1) is 0 Å². The molecule has 1 amide bonds. The Labute approximate surface area is 150 Å². The summed E-state index contributed by atoms with van der Waals surface area (Å²) in [5.41, 5.74) is 3.34. The summed E-state index contributed by atoms with van der Waals surface area (Å²) in [6.45, 7) is 2.72. The lowest BCUT2D eigenvalue weighted by Crippen LogP contribution is -2.23. The fourth-order valence-electron chi connectivity index (χ4n) is 2.53. The smallest absolute Gasteiger partial charge is 0.227 e. The Balaban J connectivity index is 1.63. The number of nitrogens with one attached hydrogen (secondary N) is 1. The van der Waals surface area contributed by atoms with E-state index in [-0.39, 0.29) is 5.91 Å². The van der Waals surface area contributed by atoms with Crippen molar-refractivity contribution in [2.24, 2.45) is 0 Å². The van der Waals surface area contributed by atoms with Crippen LogP contribution in [0.3, 0.4) is 0 Å². The maximum Gasteiger partial charge on any atom is 0.227 e. The summed E-state index contributed by atoms with van der Waals surface area (Å²) < 4.78 is 4.11. The second-order valence-electron chi connectivity index (χ2n) is 5.59. The van der Waals surface area contributed by atoms with E-state index < -0.39 is 0 Å². The van der Waals surface area contributed by atoms with E-state index in [9.17, 15) is 10.0 Å². The van der Waals surface area contributed by atoms with E-state index in [0.717, 1.165) is 46.5 Å². The topological polar surface area (TPSA) is 55.8 Å². The Morgan fingerprint density at radius 2 is 2.00 bits per heavy atom. The van der Waals surface area contributed by atoms with Gasteiger partial charge in [0.25, 0.3) is 0 Å². The molecule has 0 radical (unpaired) electrons. The molecule has 1 fully saturated rings. The summed E-state index contributed by atoms with van der Waals surface area (Å²) >= 11 is 7.03. The Morgan fingerprint density at radius 1 is 1.25 bits per heavy atom. The predicted molar refractivity (Wildman–Crippen MR) is 99.7 cm³/mol. The second kappa shape index (κ2) is 7.34. The average Bonchev–Trinajstić information content (AvgIpc) is 3.01.